The van der Waals surface area contributed by atoms with E-state index in [0.717, 1.165) is 57.8 Å². The van der Waals surface area contributed by atoms with Crippen LogP contribution >= 0.6 is 7.82 Å². The quantitative estimate of drug-likeness (QED) is 0.0212. The van der Waals surface area contributed by atoms with Gasteiger partial charge in [0, 0.05) is 12.8 Å². The number of hydrogen-bond donors (Lipinski definition) is 1. The van der Waals surface area contributed by atoms with Gasteiger partial charge in [0.2, 0.25) is 0 Å². The third-order valence-corrected chi connectivity index (χ3v) is 11.1. The molecule has 0 spiro atoms. The van der Waals surface area contributed by atoms with Crippen molar-refractivity contribution in [3.63, 3.8) is 0 Å². The number of carbonyl (C=O) groups is 2. The van der Waals surface area contributed by atoms with Gasteiger partial charge in [0.25, 0.3) is 0 Å². The van der Waals surface area contributed by atoms with Crippen LogP contribution in [0, 0.1) is 0 Å². The van der Waals surface area contributed by atoms with Crippen molar-refractivity contribution in [2.75, 3.05) is 47.5 Å². The number of likely N-dealkylation sites (N-methyl/N-ethyl adjacent to an activating group) is 1. The fourth-order valence-corrected chi connectivity index (χ4v) is 7.09. The van der Waals surface area contributed by atoms with Crippen LogP contribution in [0.1, 0.15) is 200 Å². The van der Waals surface area contributed by atoms with Crippen molar-refractivity contribution < 1.29 is 42.1 Å². The highest BCUT2D eigenvalue weighted by atomic mass is 31.2. The van der Waals surface area contributed by atoms with Crippen LogP contribution in [0.2, 0.25) is 0 Å². The largest absolute Gasteiger partial charge is 0.472 e. The summed E-state index contributed by atoms with van der Waals surface area (Å²) in [5.41, 5.74) is 0. The first kappa shape index (κ1) is 57.0. The Morgan fingerprint density at radius 2 is 0.915 bits per heavy atom. The fourth-order valence-electron chi connectivity index (χ4n) is 6.35. The number of phosphoric acid groups is 1. The van der Waals surface area contributed by atoms with Gasteiger partial charge in [0.05, 0.1) is 27.7 Å². The van der Waals surface area contributed by atoms with Gasteiger partial charge >= 0.3 is 19.8 Å². The number of ether oxygens (including phenoxy) is 2. The van der Waals surface area contributed by atoms with E-state index < -0.39 is 26.5 Å². The predicted octanol–water partition coefficient (Wildman–Crippen LogP) is 13.9. The lowest BCUT2D eigenvalue weighted by Gasteiger charge is -2.24. The molecule has 0 bridgehead atoms. The number of rotatable bonds is 43. The van der Waals surface area contributed by atoms with E-state index in [1.807, 2.05) is 21.1 Å². The fraction of sp³-hybridized carbons (Fsp3) is 0.796. The molecule has 0 fully saturated rings. The zero-order valence-corrected chi connectivity index (χ0v) is 39.6. The summed E-state index contributed by atoms with van der Waals surface area (Å²) in [5.74, 6) is -0.830. The van der Waals surface area contributed by atoms with Crippen molar-refractivity contribution in [2.24, 2.45) is 0 Å². The number of carbonyl (C=O) groups excluding carboxylic acids is 2. The van der Waals surface area contributed by atoms with E-state index in [0.29, 0.717) is 17.4 Å². The first-order chi connectivity index (χ1) is 28.5. The molecule has 1 unspecified atom stereocenters. The van der Waals surface area contributed by atoms with Crippen LogP contribution in [-0.4, -0.2) is 74.9 Å². The van der Waals surface area contributed by atoms with Gasteiger partial charge in [-0.05, 0) is 57.8 Å². The Morgan fingerprint density at radius 3 is 1.39 bits per heavy atom. The van der Waals surface area contributed by atoms with Gasteiger partial charge in [-0.3, -0.25) is 18.6 Å². The molecule has 0 aliphatic rings. The zero-order chi connectivity index (χ0) is 43.6. The molecular formula is C49H91NO8P+. The molecule has 0 aromatic rings. The highest BCUT2D eigenvalue weighted by Crippen LogP contribution is 2.43. The van der Waals surface area contributed by atoms with Gasteiger partial charge in [-0.2, -0.15) is 0 Å². The van der Waals surface area contributed by atoms with Crippen LogP contribution in [0.25, 0.3) is 0 Å². The van der Waals surface area contributed by atoms with Gasteiger partial charge in [-0.25, -0.2) is 4.57 Å². The predicted molar refractivity (Wildman–Crippen MR) is 247 cm³/mol. The Hall–Kier alpha value is -2.03. The summed E-state index contributed by atoms with van der Waals surface area (Å²) in [6.45, 7) is 4.37. The molecule has 344 valence electrons. The molecule has 0 aliphatic heterocycles. The second-order valence-electron chi connectivity index (χ2n) is 17.1. The molecule has 0 aromatic carbocycles. The Bertz CT molecular complexity index is 1150. The lowest BCUT2D eigenvalue weighted by molar-refractivity contribution is -0.870. The summed E-state index contributed by atoms with van der Waals surface area (Å²) in [4.78, 5) is 35.4. The van der Waals surface area contributed by atoms with Gasteiger partial charge in [-0.15, -0.1) is 0 Å². The monoisotopic (exact) mass is 853 g/mol. The average molecular weight is 853 g/mol. The van der Waals surface area contributed by atoms with Gasteiger partial charge < -0.3 is 18.9 Å². The molecule has 0 rings (SSSR count). The molecule has 0 radical (unpaired) electrons. The normalized spacial score (nSPS) is 13.9. The van der Waals surface area contributed by atoms with Crippen LogP contribution in [0.3, 0.4) is 0 Å². The summed E-state index contributed by atoms with van der Waals surface area (Å²) >= 11 is 0. The van der Waals surface area contributed by atoms with E-state index in [-0.39, 0.29) is 32.0 Å². The first-order valence-electron chi connectivity index (χ1n) is 23.9. The van der Waals surface area contributed by atoms with E-state index in [9.17, 15) is 19.0 Å². The molecule has 0 amide bonds. The maximum atomic E-state index is 12.7. The van der Waals surface area contributed by atoms with Crippen molar-refractivity contribution >= 4 is 19.8 Å². The van der Waals surface area contributed by atoms with Gasteiger partial charge in [0.1, 0.15) is 19.8 Å². The lowest BCUT2D eigenvalue weighted by atomic mass is 10.0. The summed E-state index contributed by atoms with van der Waals surface area (Å²) < 4.78 is 34.3. The number of nitrogens with zero attached hydrogens (tertiary/aromatic N) is 1. The second kappa shape index (κ2) is 41.3. The number of allylic oxidation sites excluding steroid dienone is 8. The summed E-state index contributed by atoms with van der Waals surface area (Å²) in [6.07, 6.45) is 48.7. The number of unbranched alkanes of at least 4 members (excludes halogenated alkanes) is 21. The molecule has 59 heavy (non-hydrogen) atoms. The minimum Gasteiger partial charge on any atom is -0.462 e. The highest BCUT2D eigenvalue weighted by molar-refractivity contribution is 7.47. The van der Waals surface area contributed by atoms with Crippen LogP contribution in [0.4, 0.5) is 0 Å². The topological polar surface area (TPSA) is 108 Å². The smallest absolute Gasteiger partial charge is 0.462 e. The van der Waals surface area contributed by atoms with Crippen LogP contribution in [0.15, 0.2) is 48.6 Å². The molecule has 0 saturated carbocycles. The summed E-state index contributed by atoms with van der Waals surface area (Å²) in [6, 6.07) is 0. The van der Waals surface area contributed by atoms with Crippen LogP contribution < -0.4 is 0 Å². The Labute approximate surface area is 363 Å². The third-order valence-electron chi connectivity index (χ3n) is 10.1. The molecule has 9 nitrogen and oxygen atoms in total. The standard InChI is InChI=1S/C49H90NO8P/c1-6-8-10-12-14-16-18-20-22-24-25-26-28-30-32-34-36-38-40-42-49(52)58-47(46-57-59(53,54)56-44-43-50(3,4)5)45-55-48(51)41-39-37-35-33-31-29-27-23-21-19-17-15-13-11-9-7-2/h14,16,20,22,25-26,30,32,47H,6-13,15,17-19,21,23-24,27-29,31,33-46H2,1-5H3/p+1/b16-14-,22-20-,26-25-,32-30-/t47-/m1/s1. The van der Waals surface area contributed by atoms with E-state index in [1.165, 1.54) is 109 Å². The van der Waals surface area contributed by atoms with E-state index in [2.05, 4.69) is 62.5 Å². The molecule has 0 saturated heterocycles. The number of esters is 2. The molecule has 0 aromatic heterocycles. The van der Waals surface area contributed by atoms with Crippen molar-refractivity contribution in [3.05, 3.63) is 48.6 Å². The molecular weight excluding hydrogens is 762 g/mol. The van der Waals surface area contributed by atoms with E-state index in [4.69, 9.17) is 18.5 Å². The third kappa shape index (κ3) is 45.3. The van der Waals surface area contributed by atoms with Crippen LogP contribution in [0.5, 0.6) is 0 Å². The lowest BCUT2D eigenvalue weighted by Crippen LogP contribution is -2.37. The Balaban J connectivity index is 4.37. The minimum absolute atomic E-state index is 0.0249. The second-order valence-corrected chi connectivity index (χ2v) is 18.6. The number of phosphoric ester groups is 1. The van der Waals surface area contributed by atoms with E-state index in [1.54, 1.807) is 0 Å². The maximum absolute atomic E-state index is 12.7. The van der Waals surface area contributed by atoms with Crippen molar-refractivity contribution in [3.8, 4) is 0 Å². The number of quaternary nitrogens is 1. The van der Waals surface area contributed by atoms with Crippen molar-refractivity contribution in [1.82, 2.24) is 0 Å². The highest BCUT2D eigenvalue weighted by Gasteiger charge is 2.27. The molecule has 0 heterocycles. The van der Waals surface area contributed by atoms with Crippen molar-refractivity contribution in [1.29, 1.82) is 0 Å². The molecule has 2 atom stereocenters. The summed E-state index contributed by atoms with van der Waals surface area (Å²) in [5, 5.41) is 0. The van der Waals surface area contributed by atoms with Crippen molar-refractivity contribution in [2.45, 2.75) is 206 Å². The molecule has 10 heteroatoms. The van der Waals surface area contributed by atoms with Crippen LogP contribution in [-0.2, 0) is 32.7 Å². The van der Waals surface area contributed by atoms with Gasteiger partial charge in [-0.1, -0.05) is 178 Å². The minimum atomic E-state index is -4.39. The maximum Gasteiger partial charge on any atom is 0.472 e. The number of hydrogen-bond acceptors (Lipinski definition) is 7. The SMILES string of the molecule is CCCCC/C=C\C/C=C\C/C=C\C/C=C\CCCCCC(=O)O[C@H](COC(=O)CCCCCCCCCCCCCCCCCC)COP(=O)(O)OCC[N+](C)(C)C. The Morgan fingerprint density at radius 1 is 0.525 bits per heavy atom. The summed E-state index contributed by atoms with van der Waals surface area (Å²) in [7, 11) is 1.45. The van der Waals surface area contributed by atoms with E-state index >= 15 is 0 Å². The Kier molecular flexibility index (Phi) is 39.9. The molecule has 0 aliphatic carbocycles. The average Bonchev–Trinajstić information content (AvgIpc) is 3.19. The van der Waals surface area contributed by atoms with Gasteiger partial charge in [0.15, 0.2) is 6.10 Å². The zero-order valence-electron chi connectivity index (χ0n) is 38.7. The first-order valence-corrected chi connectivity index (χ1v) is 25.4. The molecule has 1 N–H and O–H groups in total.